The quantitative estimate of drug-likeness (QED) is 0.470. The number of benzene rings is 2. The van der Waals surface area contributed by atoms with Crippen LogP contribution in [-0.2, 0) is 26.2 Å². The molecule has 0 spiro atoms. The molecule has 0 aliphatic carbocycles. The number of aromatic nitrogens is 3. The molecule has 0 aliphatic heterocycles. The van der Waals surface area contributed by atoms with Gasteiger partial charge in [-0.25, -0.2) is 4.98 Å². The highest BCUT2D eigenvalue weighted by Gasteiger charge is 2.06. The molecule has 29 heavy (non-hydrogen) atoms. The summed E-state index contributed by atoms with van der Waals surface area (Å²) < 4.78 is 8.11. The number of ether oxygens (including phenoxy) is 1. The van der Waals surface area contributed by atoms with E-state index >= 15 is 0 Å². The lowest BCUT2D eigenvalue weighted by molar-refractivity contribution is 0.301. The third-order valence-electron chi connectivity index (χ3n) is 4.75. The summed E-state index contributed by atoms with van der Waals surface area (Å²) in [5.41, 5.74) is 4.78. The van der Waals surface area contributed by atoms with Crippen molar-refractivity contribution in [1.29, 1.82) is 0 Å². The average Bonchev–Trinajstić information content (AvgIpc) is 3.28. The van der Waals surface area contributed by atoms with Gasteiger partial charge in [-0.1, -0.05) is 48.5 Å². The molecule has 2 aromatic carbocycles. The van der Waals surface area contributed by atoms with E-state index in [1.807, 2.05) is 55.2 Å². The van der Waals surface area contributed by atoms with Crippen molar-refractivity contribution in [2.75, 3.05) is 0 Å². The summed E-state index contributed by atoms with van der Waals surface area (Å²) in [6.45, 7) is 2.87. The van der Waals surface area contributed by atoms with Crippen LogP contribution in [0, 0.1) is 0 Å². The molecular weight excluding hydrogens is 360 g/mol. The number of nitrogens with zero attached hydrogens (tertiary/aromatic N) is 3. The maximum Gasteiger partial charge on any atom is 0.124 e. The number of hydrogen-bond donors (Lipinski definition) is 1. The van der Waals surface area contributed by atoms with Crippen molar-refractivity contribution in [2.45, 2.75) is 26.2 Å². The van der Waals surface area contributed by atoms with Crippen LogP contribution in [0.3, 0.4) is 0 Å². The highest BCUT2D eigenvalue weighted by molar-refractivity contribution is 5.34. The smallest absolute Gasteiger partial charge is 0.124 e. The van der Waals surface area contributed by atoms with Gasteiger partial charge in [0.05, 0.1) is 6.33 Å². The lowest BCUT2D eigenvalue weighted by Crippen LogP contribution is -2.15. The zero-order valence-corrected chi connectivity index (χ0v) is 16.2. The molecule has 0 saturated heterocycles. The van der Waals surface area contributed by atoms with Gasteiger partial charge in [0.2, 0.25) is 0 Å². The Morgan fingerprint density at radius 3 is 2.38 bits per heavy atom. The molecule has 0 atom stereocenters. The van der Waals surface area contributed by atoms with Crippen LogP contribution >= 0.6 is 0 Å². The summed E-state index contributed by atoms with van der Waals surface area (Å²) in [5, 5.41) is 3.56. The first-order valence-corrected chi connectivity index (χ1v) is 9.71. The van der Waals surface area contributed by atoms with E-state index < -0.39 is 0 Å². The number of pyridine rings is 1. The van der Waals surface area contributed by atoms with Gasteiger partial charge in [-0.15, -0.1) is 0 Å². The lowest BCUT2D eigenvalue weighted by Gasteiger charge is -2.14. The second kappa shape index (κ2) is 9.66. The van der Waals surface area contributed by atoms with Gasteiger partial charge in [0.1, 0.15) is 12.4 Å². The third-order valence-corrected chi connectivity index (χ3v) is 4.75. The molecule has 0 aliphatic rings. The minimum absolute atomic E-state index is 0.512. The zero-order chi connectivity index (χ0) is 19.7. The molecule has 2 aromatic heterocycles. The molecule has 0 unspecified atom stereocenters. The van der Waals surface area contributed by atoms with E-state index in [0.717, 1.165) is 36.5 Å². The fourth-order valence-corrected chi connectivity index (χ4v) is 3.23. The largest absolute Gasteiger partial charge is 0.489 e. The summed E-state index contributed by atoms with van der Waals surface area (Å²) in [6, 6.07) is 20.6. The van der Waals surface area contributed by atoms with Gasteiger partial charge < -0.3 is 14.6 Å². The molecule has 5 nitrogen and oxygen atoms in total. The second-order valence-corrected chi connectivity index (χ2v) is 6.86. The zero-order valence-electron chi connectivity index (χ0n) is 16.2. The Kier molecular flexibility index (Phi) is 6.30. The summed E-state index contributed by atoms with van der Waals surface area (Å²) in [4.78, 5) is 8.27. The Balaban J connectivity index is 1.37. The van der Waals surface area contributed by atoms with Crippen LogP contribution < -0.4 is 10.1 Å². The van der Waals surface area contributed by atoms with Gasteiger partial charge in [-0.2, -0.15) is 0 Å². The Hall–Kier alpha value is -3.44. The molecule has 0 bridgehead atoms. The first-order chi connectivity index (χ1) is 14.4. The van der Waals surface area contributed by atoms with Crippen LogP contribution in [0.4, 0.5) is 0 Å². The van der Waals surface area contributed by atoms with Crippen molar-refractivity contribution < 1.29 is 4.74 Å². The third kappa shape index (κ3) is 5.30. The molecule has 146 valence electrons. The van der Waals surface area contributed by atoms with E-state index in [-0.39, 0.29) is 0 Å². The molecule has 0 radical (unpaired) electrons. The van der Waals surface area contributed by atoms with Crippen LogP contribution in [-0.4, -0.2) is 14.5 Å². The summed E-state index contributed by atoms with van der Waals surface area (Å²) in [6.07, 6.45) is 9.24. The molecule has 4 aromatic rings. The van der Waals surface area contributed by atoms with Gasteiger partial charge in [-0.3, -0.25) is 4.98 Å². The topological polar surface area (TPSA) is 52.0 Å². The fourth-order valence-electron chi connectivity index (χ4n) is 3.23. The molecule has 0 amide bonds. The predicted molar refractivity (Wildman–Crippen MR) is 113 cm³/mol. The van der Waals surface area contributed by atoms with E-state index in [0.29, 0.717) is 6.61 Å². The van der Waals surface area contributed by atoms with Gasteiger partial charge >= 0.3 is 0 Å². The van der Waals surface area contributed by atoms with Crippen molar-refractivity contribution in [1.82, 2.24) is 19.9 Å². The molecular formula is C24H24N4O. The highest BCUT2D eigenvalue weighted by atomic mass is 16.5. The number of nitrogens with one attached hydrogen (secondary N) is 1. The summed E-state index contributed by atoms with van der Waals surface area (Å²) >= 11 is 0. The Morgan fingerprint density at radius 1 is 0.793 bits per heavy atom. The van der Waals surface area contributed by atoms with Crippen LogP contribution in [0.2, 0.25) is 0 Å². The monoisotopic (exact) mass is 384 g/mol. The average molecular weight is 384 g/mol. The number of para-hydroxylation sites is 1. The van der Waals surface area contributed by atoms with Gasteiger partial charge in [-0.05, 0) is 23.3 Å². The van der Waals surface area contributed by atoms with Crippen LogP contribution in [0.1, 0.15) is 22.3 Å². The summed E-state index contributed by atoms with van der Waals surface area (Å²) in [5.74, 6) is 0.899. The van der Waals surface area contributed by atoms with Gasteiger partial charge in [0.25, 0.3) is 0 Å². The molecule has 2 heterocycles. The second-order valence-electron chi connectivity index (χ2n) is 6.86. The number of hydrogen-bond acceptors (Lipinski definition) is 4. The van der Waals surface area contributed by atoms with Crippen LogP contribution in [0.15, 0.2) is 91.8 Å². The van der Waals surface area contributed by atoms with E-state index in [9.17, 15) is 0 Å². The van der Waals surface area contributed by atoms with E-state index in [1.165, 1.54) is 11.1 Å². The van der Waals surface area contributed by atoms with Crippen molar-refractivity contribution in [2.24, 2.45) is 0 Å². The lowest BCUT2D eigenvalue weighted by atomic mass is 10.1. The molecule has 0 fully saturated rings. The van der Waals surface area contributed by atoms with Crippen molar-refractivity contribution >= 4 is 0 Å². The standard InChI is InChI=1S/C24H24N4O/c1-2-9-23(17-28-13-12-26-19-28)21(7-1)15-27-16-22-8-3-4-10-24(22)29-18-20-6-5-11-25-14-20/h1-14,19,27H,15-18H2. The SMILES string of the molecule is c1cncc(COc2ccccc2CNCc2ccccc2Cn2ccnc2)c1. The molecule has 0 saturated carbocycles. The van der Waals surface area contributed by atoms with Crippen molar-refractivity contribution in [3.8, 4) is 5.75 Å². The highest BCUT2D eigenvalue weighted by Crippen LogP contribution is 2.19. The molecule has 4 rings (SSSR count). The maximum absolute atomic E-state index is 6.03. The van der Waals surface area contributed by atoms with Gasteiger partial charge in [0.15, 0.2) is 0 Å². The van der Waals surface area contributed by atoms with Gasteiger partial charge in [0, 0.05) is 55.5 Å². The number of rotatable bonds is 9. The minimum Gasteiger partial charge on any atom is -0.489 e. The van der Waals surface area contributed by atoms with Crippen LogP contribution in [0.5, 0.6) is 5.75 Å². The first kappa shape index (κ1) is 18.9. The van der Waals surface area contributed by atoms with Crippen LogP contribution in [0.25, 0.3) is 0 Å². The maximum atomic E-state index is 6.03. The summed E-state index contributed by atoms with van der Waals surface area (Å²) in [7, 11) is 0. The van der Waals surface area contributed by atoms with E-state index in [2.05, 4.69) is 50.2 Å². The van der Waals surface area contributed by atoms with Crippen molar-refractivity contribution in [3.63, 3.8) is 0 Å². The Bertz CT molecular complexity index is 1020. The fraction of sp³-hybridized carbons (Fsp3) is 0.167. The molecule has 5 heteroatoms. The normalized spacial score (nSPS) is 10.8. The number of imidazole rings is 1. The van der Waals surface area contributed by atoms with Crippen molar-refractivity contribution in [3.05, 3.63) is 114 Å². The predicted octanol–water partition coefficient (Wildman–Crippen LogP) is 4.20. The Labute approximate surface area is 171 Å². The van der Waals surface area contributed by atoms with E-state index in [4.69, 9.17) is 4.74 Å². The minimum atomic E-state index is 0.512. The first-order valence-electron chi connectivity index (χ1n) is 9.71. The Morgan fingerprint density at radius 2 is 1.59 bits per heavy atom. The molecule has 1 N–H and O–H groups in total. The van der Waals surface area contributed by atoms with E-state index in [1.54, 1.807) is 6.20 Å².